The molecule has 0 aliphatic carbocycles. The number of rotatable bonds is 4. The zero-order valence-electron chi connectivity index (χ0n) is 26.8. The summed E-state index contributed by atoms with van der Waals surface area (Å²) >= 11 is 0. The molecule has 232 valence electrons. The van der Waals surface area contributed by atoms with Gasteiger partial charge in [-0.15, -0.1) is 0 Å². The van der Waals surface area contributed by atoms with Crippen molar-refractivity contribution in [1.82, 2.24) is 24.9 Å². The summed E-state index contributed by atoms with van der Waals surface area (Å²) in [6.45, 7) is 0. The lowest BCUT2D eigenvalue weighted by molar-refractivity contribution is 1.23. The minimum atomic E-state index is 0.673. The largest absolute Gasteiger partial charge is 0.255 e. The number of hydrogen-bond acceptors (Lipinski definition) is 5. The van der Waals surface area contributed by atoms with Crippen LogP contribution in [0.1, 0.15) is 0 Å². The van der Waals surface area contributed by atoms with Crippen LogP contribution in [-0.4, -0.2) is 24.9 Å². The van der Waals surface area contributed by atoms with Crippen LogP contribution in [0, 0.1) is 0 Å². The lowest BCUT2D eigenvalue weighted by Gasteiger charge is -2.12. The van der Waals surface area contributed by atoms with E-state index in [1.165, 1.54) is 21.5 Å². The molecule has 0 aliphatic rings. The molecule has 0 N–H and O–H groups in total. The third-order valence-corrected chi connectivity index (χ3v) is 9.49. The van der Waals surface area contributed by atoms with E-state index in [-0.39, 0.29) is 0 Å². The third-order valence-electron chi connectivity index (χ3n) is 9.49. The molecule has 0 saturated heterocycles. The summed E-state index contributed by atoms with van der Waals surface area (Å²) in [6, 6.07) is 54.5. The topological polar surface area (TPSA) is 64.5 Å². The molecule has 0 spiro atoms. The highest BCUT2D eigenvalue weighted by atomic mass is 14.9. The van der Waals surface area contributed by atoms with Gasteiger partial charge in [0.05, 0.1) is 39.3 Å². The predicted octanol–water partition coefficient (Wildman–Crippen LogP) is 11.1. The second-order valence-corrected chi connectivity index (χ2v) is 12.5. The van der Waals surface area contributed by atoms with Crippen LogP contribution < -0.4 is 0 Å². The summed E-state index contributed by atoms with van der Waals surface area (Å²) in [5.41, 5.74) is 9.02. The Hall–Kier alpha value is -6.85. The van der Waals surface area contributed by atoms with Crippen LogP contribution in [-0.2, 0) is 0 Å². The van der Waals surface area contributed by atoms with Gasteiger partial charge >= 0.3 is 0 Å². The lowest BCUT2D eigenvalue weighted by Crippen LogP contribution is -1.96. The zero-order valence-corrected chi connectivity index (χ0v) is 26.8. The minimum absolute atomic E-state index is 0.673. The quantitative estimate of drug-likeness (QED) is 0.180. The van der Waals surface area contributed by atoms with E-state index in [4.69, 9.17) is 19.9 Å². The molecule has 4 heterocycles. The third kappa shape index (κ3) is 4.75. The Balaban J connectivity index is 1.10. The first-order valence-corrected chi connectivity index (χ1v) is 16.7. The van der Waals surface area contributed by atoms with Gasteiger partial charge in [-0.05, 0) is 64.0 Å². The Morgan fingerprint density at radius 1 is 0.340 bits per heavy atom. The van der Waals surface area contributed by atoms with Crippen molar-refractivity contribution in [3.63, 3.8) is 0 Å². The van der Waals surface area contributed by atoms with Gasteiger partial charge in [-0.3, -0.25) is 4.98 Å². The predicted molar refractivity (Wildman–Crippen MR) is 205 cm³/mol. The standard InChI is InChI=1S/C45H27N5/c1-2-11-35-28(8-1)15-16-29-17-20-33(27-37(29)35)42-36-12-3-4-13-39(36)49-45(50-42)34-10-7-9-32(26-34)38-23-21-30-18-19-31-22-24-41(40-14-5-6-25-46-40)48-44(31)43(30)47-38/h1-27H. The Bertz CT molecular complexity index is 2940. The number of fused-ring (bicyclic) bond motifs is 7. The maximum absolute atomic E-state index is 5.24. The Morgan fingerprint density at radius 3 is 1.84 bits per heavy atom. The summed E-state index contributed by atoms with van der Waals surface area (Å²) in [7, 11) is 0. The van der Waals surface area contributed by atoms with Gasteiger partial charge in [0.2, 0.25) is 0 Å². The van der Waals surface area contributed by atoms with Crippen LogP contribution in [0.4, 0.5) is 0 Å². The van der Waals surface area contributed by atoms with Gasteiger partial charge in [0.25, 0.3) is 0 Å². The van der Waals surface area contributed by atoms with E-state index in [0.717, 1.165) is 72.2 Å². The van der Waals surface area contributed by atoms with Crippen LogP contribution in [0.3, 0.4) is 0 Å². The Kier molecular flexibility index (Phi) is 6.42. The normalized spacial score (nSPS) is 11.6. The number of para-hydroxylation sites is 1. The molecule has 50 heavy (non-hydrogen) atoms. The summed E-state index contributed by atoms with van der Waals surface area (Å²) in [4.78, 5) is 25.0. The summed E-state index contributed by atoms with van der Waals surface area (Å²) in [6.07, 6.45) is 1.79. The molecule has 0 unspecified atom stereocenters. The number of pyridine rings is 3. The van der Waals surface area contributed by atoms with Crippen molar-refractivity contribution in [2.45, 2.75) is 0 Å². The monoisotopic (exact) mass is 637 g/mol. The summed E-state index contributed by atoms with van der Waals surface area (Å²) < 4.78 is 0. The molecule has 0 fully saturated rings. The molecule has 0 amide bonds. The highest BCUT2D eigenvalue weighted by Crippen LogP contribution is 2.35. The van der Waals surface area contributed by atoms with E-state index in [1.807, 2.05) is 30.3 Å². The van der Waals surface area contributed by atoms with Crippen molar-refractivity contribution in [3.05, 3.63) is 164 Å². The maximum atomic E-state index is 5.24. The van der Waals surface area contributed by atoms with Crippen molar-refractivity contribution >= 4 is 54.3 Å². The molecule has 5 heteroatoms. The SMILES string of the molecule is c1ccc(-c2ccc3ccc4ccc(-c5cccc(-c6nc(-c7ccc8ccc9ccccc9c8c7)c7ccccc7n6)c5)nc4c3n2)nc1. The molecule has 5 nitrogen and oxygen atoms in total. The highest BCUT2D eigenvalue weighted by Gasteiger charge is 2.15. The average Bonchev–Trinajstić information content (AvgIpc) is 3.20. The fourth-order valence-electron chi connectivity index (χ4n) is 6.98. The van der Waals surface area contributed by atoms with E-state index < -0.39 is 0 Å². The fourth-order valence-corrected chi connectivity index (χ4v) is 6.98. The summed E-state index contributed by atoms with van der Waals surface area (Å²) in [5, 5.41) is 7.97. The molecule has 0 bridgehead atoms. The molecule has 0 atom stereocenters. The number of aromatic nitrogens is 5. The number of hydrogen-bond donors (Lipinski definition) is 0. The summed E-state index contributed by atoms with van der Waals surface area (Å²) in [5.74, 6) is 0.673. The second kappa shape index (κ2) is 11.4. The van der Waals surface area contributed by atoms with Gasteiger partial charge in [0, 0.05) is 39.0 Å². The maximum Gasteiger partial charge on any atom is 0.160 e. The van der Waals surface area contributed by atoms with Gasteiger partial charge in [-0.25, -0.2) is 19.9 Å². The smallest absolute Gasteiger partial charge is 0.160 e. The molecular weight excluding hydrogens is 611 g/mol. The van der Waals surface area contributed by atoms with Crippen molar-refractivity contribution in [2.24, 2.45) is 0 Å². The van der Waals surface area contributed by atoms with Gasteiger partial charge in [0.1, 0.15) is 0 Å². The molecule has 10 rings (SSSR count). The van der Waals surface area contributed by atoms with E-state index in [2.05, 4.69) is 132 Å². The minimum Gasteiger partial charge on any atom is -0.255 e. The first kappa shape index (κ1) is 28.2. The van der Waals surface area contributed by atoms with Crippen LogP contribution >= 0.6 is 0 Å². The Labute approximate surface area is 287 Å². The molecule has 0 saturated carbocycles. The van der Waals surface area contributed by atoms with Crippen molar-refractivity contribution in [2.75, 3.05) is 0 Å². The molecule has 0 aliphatic heterocycles. The van der Waals surface area contributed by atoms with Crippen molar-refractivity contribution in [1.29, 1.82) is 0 Å². The molecule has 0 radical (unpaired) electrons. The van der Waals surface area contributed by atoms with Gasteiger partial charge in [-0.1, -0.05) is 115 Å². The van der Waals surface area contributed by atoms with E-state index in [0.29, 0.717) is 5.82 Å². The Morgan fingerprint density at radius 2 is 1.00 bits per heavy atom. The van der Waals surface area contributed by atoms with E-state index in [9.17, 15) is 0 Å². The number of nitrogens with zero attached hydrogens (tertiary/aromatic N) is 5. The zero-order chi connectivity index (χ0) is 33.0. The van der Waals surface area contributed by atoms with Crippen molar-refractivity contribution in [3.8, 4) is 45.3 Å². The second-order valence-electron chi connectivity index (χ2n) is 12.5. The van der Waals surface area contributed by atoms with Gasteiger partial charge < -0.3 is 0 Å². The van der Waals surface area contributed by atoms with Crippen molar-refractivity contribution < 1.29 is 0 Å². The first-order valence-electron chi connectivity index (χ1n) is 16.7. The lowest BCUT2D eigenvalue weighted by atomic mass is 9.97. The molecule has 6 aromatic carbocycles. The average molecular weight is 638 g/mol. The first-order chi connectivity index (χ1) is 24.7. The van der Waals surface area contributed by atoms with Crippen LogP contribution in [0.15, 0.2) is 164 Å². The van der Waals surface area contributed by atoms with Crippen LogP contribution in [0.5, 0.6) is 0 Å². The van der Waals surface area contributed by atoms with Gasteiger partial charge in [-0.2, -0.15) is 0 Å². The highest BCUT2D eigenvalue weighted by molar-refractivity contribution is 6.09. The molecule has 10 aromatic rings. The van der Waals surface area contributed by atoms with Gasteiger partial charge in [0.15, 0.2) is 5.82 Å². The van der Waals surface area contributed by atoms with E-state index >= 15 is 0 Å². The molecular formula is C45H27N5. The fraction of sp³-hybridized carbons (Fsp3) is 0. The van der Waals surface area contributed by atoms with Crippen LogP contribution in [0.25, 0.3) is 99.5 Å². The van der Waals surface area contributed by atoms with Crippen LogP contribution in [0.2, 0.25) is 0 Å². The molecule has 4 aromatic heterocycles. The number of benzene rings is 6. The van der Waals surface area contributed by atoms with E-state index in [1.54, 1.807) is 6.20 Å².